The minimum Gasteiger partial charge on any atom is -0.496 e. The zero-order chi connectivity index (χ0) is 19.7. The lowest BCUT2D eigenvalue weighted by atomic mass is 9.97. The molecular formula is C22H28N2O4. The Kier molecular flexibility index (Phi) is 5.40. The number of amides is 2. The molecule has 0 saturated carbocycles. The third-order valence-corrected chi connectivity index (χ3v) is 6.03. The van der Waals surface area contributed by atoms with Gasteiger partial charge in [-0.1, -0.05) is 25.1 Å². The lowest BCUT2D eigenvalue weighted by molar-refractivity contribution is -0.139. The number of para-hydroxylation sites is 1. The van der Waals surface area contributed by atoms with E-state index in [1.807, 2.05) is 24.3 Å². The van der Waals surface area contributed by atoms with Gasteiger partial charge in [0.15, 0.2) is 0 Å². The molecule has 0 aliphatic carbocycles. The smallest absolute Gasteiger partial charge is 0.277 e. The molecule has 1 aromatic carbocycles. The molecule has 3 aliphatic heterocycles. The quantitative estimate of drug-likeness (QED) is 0.731. The number of carbonyl (C=O) groups excluding carboxylic acids is 2. The summed E-state index contributed by atoms with van der Waals surface area (Å²) < 4.78 is 11.2. The highest BCUT2D eigenvalue weighted by molar-refractivity contribution is 6.36. The predicted molar refractivity (Wildman–Crippen MR) is 106 cm³/mol. The van der Waals surface area contributed by atoms with Gasteiger partial charge in [-0.25, -0.2) is 0 Å². The number of likely N-dealkylation sites (tertiary alicyclic amines) is 1. The van der Waals surface area contributed by atoms with Crippen molar-refractivity contribution < 1.29 is 19.1 Å². The van der Waals surface area contributed by atoms with Gasteiger partial charge < -0.3 is 14.4 Å². The van der Waals surface area contributed by atoms with Crippen LogP contribution in [0.1, 0.15) is 38.2 Å². The molecular weight excluding hydrogens is 356 g/mol. The van der Waals surface area contributed by atoms with Gasteiger partial charge >= 0.3 is 0 Å². The summed E-state index contributed by atoms with van der Waals surface area (Å²) in [6, 6.07) is 7.44. The highest BCUT2D eigenvalue weighted by Gasteiger charge is 2.44. The molecule has 3 heterocycles. The van der Waals surface area contributed by atoms with Gasteiger partial charge in [-0.05, 0) is 37.7 Å². The Bertz CT molecular complexity index is 789. The monoisotopic (exact) mass is 384 g/mol. The van der Waals surface area contributed by atoms with Crippen molar-refractivity contribution in [2.75, 3.05) is 33.4 Å². The molecule has 1 aromatic rings. The molecule has 0 bridgehead atoms. The molecule has 3 aliphatic rings. The molecule has 1 atom stereocenters. The molecule has 0 aromatic heterocycles. The minimum absolute atomic E-state index is 0.0625. The molecule has 0 spiro atoms. The maximum atomic E-state index is 13.4. The van der Waals surface area contributed by atoms with Gasteiger partial charge in [0.1, 0.15) is 11.4 Å². The first-order valence-corrected chi connectivity index (χ1v) is 10.2. The van der Waals surface area contributed by atoms with E-state index in [-0.39, 0.29) is 17.9 Å². The van der Waals surface area contributed by atoms with Gasteiger partial charge in [0, 0.05) is 25.3 Å². The summed E-state index contributed by atoms with van der Waals surface area (Å²) in [6.07, 6.45) is 3.85. The summed E-state index contributed by atoms with van der Waals surface area (Å²) in [5.41, 5.74) is 1.68. The van der Waals surface area contributed by atoms with E-state index in [9.17, 15) is 9.59 Å². The van der Waals surface area contributed by atoms with Crippen molar-refractivity contribution in [3.8, 4) is 5.75 Å². The fourth-order valence-electron chi connectivity index (χ4n) is 4.34. The van der Waals surface area contributed by atoms with Crippen molar-refractivity contribution in [1.82, 2.24) is 9.80 Å². The van der Waals surface area contributed by atoms with Crippen molar-refractivity contribution >= 4 is 17.4 Å². The Morgan fingerprint density at radius 3 is 2.54 bits per heavy atom. The topological polar surface area (TPSA) is 59.1 Å². The lowest BCUT2D eigenvalue weighted by Crippen LogP contribution is -2.41. The normalized spacial score (nSPS) is 23.9. The fourth-order valence-corrected chi connectivity index (χ4v) is 4.34. The van der Waals surface area contributed by atoms with E-state index in [0.717, 1.165) is 38.8 Å². The molecule has 0 N–H and O–H groups in total. The zero-order valence-electron chi connectivity index (χ0n) is 16.6. The Morgan fingerprint density at radius 1 is 1.11 bits per heavy atom. The number of nitrogens with zero attached hydrogens (tertiary/aromatic N) is 2. The third kappa shape index (κ3) is 3.41. The van der Waals surface area contributed by atoms with E-state index in [0.29, 0.717) is 41.7 Å². The van der Waals surface area contributed by atoms with Crippen molar-refractivity contribution in [2.24, 2.45) is 5.92 Å². The van der Waals surface area contributed by atoms with Gasteiger partial charge in [-0.2, -0.15) is 0 Å². The number of ether oxygens (including phenoxy) is 2. The molecule has 2 saturated heterocycles. The molecule has 2 fully saturated rings. The van der Waals surface area contributed by atoms with Gasteiger partial charge in [0.05, 0.1) is 25.3 Å². The summed E-state index contributed by atoms with van der Waals surface area (Å²) in [7, 11) is 1.59. The predicted octanol–water partition coefficient (Wildman–Crippen LogP) is 2.69. The van der Waals surface area contributed by atoms with Gasteiger partial charge in [-0.3, -0.25) is 14.5 Å². The van der Waals surface area contributed by atoms with Crippen LogP contribution in [0.2, 0.25) is 0 Å². The van der Waals surface area contributed by atoms with E-state index < -0.39 is 0 Å². The number of benzene rings is 1. The molecule has 0 radical (unpaired) electrons. The van der Waals surface area contributed by atoms with Gasteiger partial charge in [-0.15, -0.1) is 0 Å². The number of carbonyl (C=O) groups is 2. The summed E-state index contributed by atoms with van der Waals surface area (Å²) in [5, 5.41) is 0. The Labute approximate surface area is 166 Å². The summed E-state index contributed by atoms with van der Waals surface area (Å²) in [5.74, 6) is 0.817. The molecule has 2 amide bonds. The standard InChI is InChI=1S/C22H28N2O4/c1-15-9-11-23(12-10-15)20-19(17-7-3-4-8-18(17)27-2)21(25)24(22(20)26)14-16-6-5-13-28-16/h3-4,7-8,15-16H,5-6,9-14H2,1-2H3. The average Bonchev–Trinajstić information content (AvgIpc) is 3.31. The first-order valence-electron chi connectivity index (χ1n) is 10.2. The van der Waals surface area contributed by atoms with Crippen LogP contribution < -0.4 is 4.74 Å². The molecule has 150 valence electrons. The van der Waals surface area contributed by atoms with E-state index in [1.54, 1.807) is 7.11 Å². The lowest BCUT2D eigenvalue weighted by Gasteiger charge is -2.33. The van der Waals surface area contributed by atoms with Crippen LogP contribution in [0.3, 0.4) is 0 Å². The number of piperidine rings is 1. The van der Waals surface area contributed by atoms with Crippen LogP contribution in [-0.4, -0.2) is 61.1 Å². The van der Waals surface area contributed by atoms with Gasteiger partial charge in [0.25, 0.3) is 11.8 Å². The Hall–Kier alpha value is -2.34. The second-order valence-electron chi connectivity index (χ2n) is 7.95. The highest BCUT2D eigenvalue weighted by atomic mass is 16.5. The maximum Gasteiger partial charge on any atom is 0.277 e. The van der Waals surface area contributed by atoms with E-state index in [4.69, 9.17) is 9.47 Å². The van der Waals surface area contributed by atoms with Gasteiger partial charge in [0.2, 0.25) is 0 Å². The minimum atomic E-state index is -0.237. The van der Waals surface area contributed by atoms with E-state index in [1.165, 1.54) is 4.90 Å². The number of methoxy groups -OCH3 is 1. The second kappa shape index (κ2) is 7.95. The van der Waals surface area contributed by atoms with Crippen LogP contribution >= 0.6 is 0 Å². The van der Waals surface area contributed by atoms with Crippen molar-refractivity contribution in [3.63, 3.8) is 0 Å². The number of hydrogen-bond acceptors (Lipinski definition) is 5. The molecule has 28 heavy (non-hydrogen) atoms. The van der Waals surface area contributed by atoms with Crippen molar-refractivity contribution in [1.29, 1.82) is 0 Å². The summed E-state index contributed by atoms with van der Waals surface area (Å²) in [4.78, 5) is 30.3. The SMILES string of the molecule is COc1ccccc1C1=C(N2CCC(C)CC2)C(=O)N(CC2CCCO2)C1=O. The molecule has 1 unspecified atom stereocenters. The van der Waals surface area contributed by atoms with Crippen molar-refractivity contribution in [3.05, 3.63) is 35.5 Å². The molecule has 4 rings (SSSR count). The third-order valence-electron chi connectivity index (χ3n) is 6.03. The first-order chi connectivity index (χ1) is 13.6. The van der Waals surface area contributed by atoms with Crippen molar-refractivity contribution in [2.45, 2.75) is 38.7 Å². The number of rotatable bonds is 5. The van der Waals surface area contributed by atoms with E-state index in [2.05, 4.69) is 11.8 Å². The summed E-state index contributed by atoms with van der Waals surface area (Å²) >= 11 is 0. The highest BCUT2D eigenvalue weighted by Crippen LogP contribution is 2.37. The number of hydrogen-bond donors (Lipinski definition) is 0. The Balaban J connectivity index is 1.73. The first kappa shape index (κ1) is 19.0. The maximum absolute atomic E-state index is 13.4. The molecule has 6 nitrogen and oxygen atoms in total. The summed E-state index contributed by atoms with van der Waals surface area (Å²) in [6.45, 7) is 4.84. The van der Waals surface area contributed by atoms with Crippen LogP contribution in [-0.2, 0) is 14.3 Å². The van der Waals surface area contributed by atoms with Crippen LogP contribution in [0.4, 0.5) is 0 Å². The van der Waals surface area contributed by atoms with Crippen LogP contribution in [0, 0.1) is 5.92 Å². The number of imide groups is 1. The average molecular weight is 384 g/mol. The molecule has 6 heteroatoms. The largest absolute Gasteiger partial charge is 0.496 e. The Morgan fingerprint density at radius 2 is 1.86 bits per heavy atom. The van der Waals surface area contributed by atoms with Crippen LogP contribution in [0.25, 0.3) is 5.57 Å². The van der Waals surface area contributed by atoms with E-state index >= 15 is 0 Å². The zero-order valence-corrected chi connectivity index (χ0v) is 16.6. The van der Waals surface area contributed by atoms with Crippen LogP contribution in [0.5, 0.6) is 5.75 Å². The second-order valence-corrected chi connectivity index (χ2v) is 7.95. The fraction of sp³-hybridized carbons (Fsp3) is 0.545. The van der Waals surface area contributed by atoms with Crippen LogP contribution in [0.15, 0.2) is 30.0 Å².